The topological polar surface area (TPSA) is 72.7 Å². The minimum absolute atomic E-state index is 0.133. The van der Waals surface area contributed by atoms with Gasteiger partial charge in [-0.2, -0.15) is 0 Å². The Kier molecular flexibility index (Phi) is 5.96. The Morgan fingerprint density at radius 1 is 1.19 bits per heavy atom. The number of rotatable bonds is 7. The van der Waals surface area contributed by atoms with E-state index < -0.39 is 0 Å². The second kappa shape index (κ2) is 8.57. The van der Waals surface area contributed by atoms with Gasteiger partial charge in [0, 0.05) is 6.54 Å². The van der Waals surface area contributed by atoms with Crippen molar-refractivity contribution in [1.82, 2.24) is 25.5 Å². The first-order valence-corrected chi connectivity index (χ1v) is 9.05. The van der Waals surface area contributed by atoms with Crippen LogP contribution in [0.5, 0.6) is 0 Å². The highest BCUT2D eigenvalue weighted by molar-refractivity contribution is 7.99. The summed E-state index contributed by atoms with van der Waals surface area (Å²) in [6, 6.07) is 14.6. The molecule has 8 heteroatoms. The first-order valence-electron chi connectivity index (χ1n) is 8.06. The molecule has 1 N–H and O–H groups in total. The van der Waals surface area contributed by atoms with E-state index in [0.717, 1.165) is 11.1 Å². The lowest BCUT2D eigenvalue weighted by molar-refractivity contribution is -0.118. The molecule has 0 spiro atoms. The summed E-state index contributed by atoms with van der Waals surface area (Å²) in [5, 5.41) is 15.0. The molecule has 2 aromatic carbocycles. The van der Waals surface area contributed by atoms with Crippen LogP contribution in [0.25, 0.3) is 0 Å². The molecular weight excluding hydrogens is 353 g/mol. The van der Waals surface area contributed by atoms with Crippen LogP contribution in [-0.2, 0) is 17.9 Å². The molecule has 3 aromatic rings. The number of halogens is 1. The molecule has 1 aromatic heterocycles. The molecule has 0 bridgehead atoms. The number of nitrogens with one attached hydrogen (secondary N) is 1. The summed E-state index contributed by atoms with van der Waals surface area (Å²) < 4.78 is 14.9. The van der Waals surface area contributed by atoms with Gasteiger partial charge in [-0.3, -0.25) is 4.79 Å². The smallest absolute Gasteiger partial charge is 0.230 e. The van der Waals surface area contributed by atoms with Crippen LogP contribution in [0.2, 0.25) is 0 Å². The van der Waals surface area contributed by atoms with E-state index in [4.69, 9.17) is 0 Å². The molecule has 0 aliphatic heterocycles. The first-order chi connectivity index (χ1) is 12.6. The Balaban J connectivity index is 1.50. The van der Waals surface area contributed by atoms with E-state index in [0.29, 0.717) is 23.8 Å². The summed E-state index contributed by atoms with van der Waals surface area (Å²) in [7, 11) is 0. The first kappa shape index (κ1) is 18.1. The predicted molar refractivity (Wildman–Crippen MR) is 97.1 cm³/mol. The molecule has 6 nitrogen and oxygen atoms in total. The van der Waals surface area contributed by atoms with Crippen LogP contribution >= 0.6 is 11.8 Å². The van der Waals surface area contributed by atoms with E-state index in [9.17, 15) is 9.18 Å². The molecule has 0 fully saturated rings. The van der Waals surface area contributed by atoms with Gasteiger partial charge in [-0.15, -0.1) is 5.10 Å². The van der Waals surface area contributed by atoms with Crippen molar-refractivity contribution < 1.29 is 9.18 Å². The molecule has 134 valence electrons. The van der Waals surface area contributed by atoms with Gasteiger partial charge in [-0.05, 0) is 40.1 Å². The van der Waals surface area contributed by atoms with Gasteiger partial charge >= 0.3 is 0 Å². The van der Waals surface area contributed by atoms with Gasteiger partial charge in [0.1, 0.15) is 5.82 Å². The summed E-state index contributed by atoms with van der Waals surface area (Å²) >= 11 is 1.28. The lowest BCUT2D eigenvalue weighted by Gasteiger charge is -2.07. The predicted octanol–water partition coefficient (Wildman–Crippen LogP) is 2.58. The second-order valence-corrected chi connectivity index (χ2v) is 6.70. The number of hydrogen-bond acceptors (Lipinski definition) is 5. The van der Waals surface area contributed by atoms with Crippen LogP contribution in [0.4, 0.5) is 4.39 Å². The van der Waals surface area contributed by atoms with E-state index in [-0.39, 0.29) is 17.5 Å². The molecule has 0 unspecified atom stereocenters. The van der Waals surface area contributed by atoms with E-state index in [1.807, 2.05) is 30.3 Å². The van der Waals surface area contributed by atoms with E-state index in [2.05, 4.69) is 20.8 Å². The number of tetrazole rings is 1. The molecule has 0 radical (unpaired) electrons. The average molecular weight is 371 g/mol. The van der Waals surface area contributed by atoms with Gasteiger partial charge in [0.15, 0.2) is 0 Å². The van der Waals surface area contributed by atoms with Crippen LogP contribution in [0.3, 0.4) is 0 Å². The van der Waals surface area contributed by atoms with Crippen molar-refractivity contribution in [2.24, 2.45) is 0 Å². The number of benzene rings is 2. The number of aryl methyl sites for hydroxylation is 1. The molecule has 0 aliphatic carbocycles. The summed E-state index contributed by atoms with van der Waals surface area (Å²) in [5.41, 5.74) is 2.50. The highest BCUT2D eigenvalue weighted by Gasteiger charge is 2.10. The normalized spacial score (nSPS) is 10.7. The lowest BCUT2D eigenvalue weighted by Crippen LogP contribution is -2.24. The zero-order valence-corrected chi connectivity index (χ0v) is 15.0. The molecule has 26 heavy (non-hydrogen) atoms. The van der Waals surface area contributed by atoms with Gasteiger partial charge in [-0.1, -0.05) is 54.2 Å². The number of hydrogen-bond donors (Lipinski definition) is 1. The van der Waals surface area contributed by atoms with Crippen LogP contribution < -0.4 is 5.32 Å². The maximum Gasteiger partial charge on any atom is 0.230 e. The van der Waals surface area contributed by atoms with Gasteiger partial charge in [-0.25, -0.2) is 9.07 Å². The van der Waals surface area contributed by atoms with Crippen molar-refractivity contribution in [3.8, 4) is 0 Å². The second-order valence-electron chi connectivity index (χ2n) is 5.75. The number of nitrogens with zero attached hydrogens (tertiary/aromatic N) is 4. The molecule has 1 heterocycles. The van der Waals surface area contributed by atoms with Gasteiger partial charge in [0.2, 0.25) is 11.1 Å². The van der Waals surface area contributed by atoms with E-state index in [1.54, 1.807) is 23.7 Å². The lowest BCUT2D eigenvalue weighted by atomic mass is 10.1. The number of carbonyl (C=O) groups is 1. The van der Waals surface area contributed by atoms with Crippen molar-refractivity contribution in [1.29, 1.82) is 0 Å². The Morgan fingerprint density at radius 3 is 2.77 bits per heavy atom. The number of aromatic nitrogens is 4. The Labute approximate surface area is 154 Å². The van der Waals surface area contributed by atoms with Crippen molar-refractivity contribution in [2.75, 3.05) is 5.75 Å². The van der Waals surface area contributed by atoms with Crippen LogP contribution in [-0.4, -0.2) is 31.9 Å². The number of thioether (sulfide) groups is 1. The SMILES string of the molecule is Cc1cc(CNC(=O)CSc2nnnn2Cc2ccccc2)ccc1F. The van der Waals surface area contributed by atoms with Crippen molar-refractivity contribution in [3.05, 3.63) is 71.0 Å². The maximum absolute atomic E-state index is 13.3. The average Bonchev–Trinajstić information content (AvgIpc) is 3.09. The fraction of sp³-hybridized carbons (Fsp3) is 0.222. The monoisotopic (exact) mass is 371 g/mol. The van der Waals surface area contributed by atoms with Gasteiger partial charge in [0.05, 0.1) is 12.3 Å². The molecule has 0 saturated heterocycles. The summed E-state index contributed by atoms with van der Waals surface area (Å²) in [6.45, 7) is 2.60. The summed E-state index contributed by atoms with van der Waals surface area (Å²) in [6.07, 6.45) is 0. The Morgan fingerprint density at radius 2 is 2.00 bits per heavy atom. The minimum Gasteiger partial charge on any atom is -0.351 e. The number of carbonyl (C=O) groups excluding carboxylic acids is 1. The largest absolute Gasteiger partial charge is 0.351 e. The minimum atomic E-state index is -0.249. The molecule has 0 atom stereocenters. The molecule has 0 aliphatic rings. The third-order valence-corrected chi connectivity index (χ3v) is 4.68. The molecule has 0 saturated carbocycles. The zero-order chi connectivity index (χ0) is 18.4. The van der Waals surface area contributed by atoms with Crippen LogP contribution in [0.1, 0.15) is 16.7 Å². The molecule has 1 amide bonds. The van der Waals surface area contributed by atoms with Crippen LogP contribution in [0, 0.1) is 12.7 Å². The van der Waals surface area contributed by atoms with E-state index in [1.165, 1.54) is 17.8 Å². The Bertz CT molecular complexity index is 884. The highest BCUT2D eigenvalue weighted by atomic mass is 32.2. The molecule has 3 rings (SSSR count). The van der Waals surface area contributed by atoms with Gasteiger partial charge < -0.3 is 5.32 Å². The van der Waals surface area contributed by atoms with E-state index >= 15 is 0 Å². The maximum atomic E-state index is 13.3. The van der Waals surface area contributed by atoms with Crippen molar-refractivity contribution in [3.63, 3.8) is 0 Å². The fourth-order valence-corrected chi connectivity index (χ4v) is 3.06. The third-order valence-electron chi connectivity index (χ3n) is 3.72. The standard InChI is InChI=1S/C18H18FN5OS/c1-13-9-15(7-8-16(13)19)10-20-17(25)12-26-18-21-22-23-24(18)11-14-5-3-2-4-6-14/h2-9H,10-12H2,1H3,(H,20,25). The van der Waals surface area contributed by atoms with Crippen molar-refractivity contribution >= 4 is 17.7 Å². The van der Waals surface area contributed by atoms with Crippen LogP contribution in [0.15, 0.2) is 53.7 Å². The highest BCUT2D eigenvalue weighted by Crippen LogP contribution is 2.15. The number of amides is 1. The molecular formula is C18H18FN5OS. The fourth-order valence-electron chi connectivity index (χ4n) is 2.35. The third kappa shape index (κ3) is 4.89. The van der Waals surface area contributed by atoms with Gasteiger partial charge in [0.25, 0.3) is 0 Å². The Hall–Kier alpha value is -2.74. The quantitative estimate of drug-likeness (QED) is 0.646. The summed E-state index contributed by atoms with van der Waals surface area (Å²) in [5.74, 6) is -0.179. The van der Waals surface area contributed by atoms with Crippen molar-refractivity contribution in [2.45, 2.75) is 25.2 Å². The zero-order valence-electron chi connectivity index (χ0n) is 14.2. The summed E-state index contributed by atoms with van der Waals surface area (Å²) in [4.78, 5) is 12.0.